The molecule has 3 unspecified atom stereocenters. The quantitative estimate of drug-likeness (QED) is 0.613. The molecule has 0 radical (unpaired) electrons. The largest absolute Gasteiger partial charge is 0.496 e. The normalized spacial score (nSPS) is 25.7. The van der Waals surface area contributed by atoms with Gasteiger partial charge in [0.1, 0.15) is 5.75 Å². The lowest BCUT2D eigenvalue weighted by Gasteiger charge is -2.52. The van der Waals surface area contributed by atoms with Crippen molar-refractivity contribution >= 4 is 12.0 Å². The first-order chi connectivity index (χ1) is 15.4. The first-order valence-electron chi connectivity index (χ1n) is 11.9. The van der Waals surface area contributed by atoms with Gasteiger partial charge < -0.3 is 14.7 Å². The summed E-state index contributed by atoms with van der Waals surface area (Å²) in [5, 5.41) is 11.5. The third kappa shape index (κ3) is 4.47. The molecule has 32 heavy (non-hydrogen) atoms. The summed E-state index contributed by atoms with van der Waals surface area (Å²) in [4.78, 5) is 15.4. The van der Waals surface area contributed by atoms with Gasteiger partial charge in [0.2, 0.25) is 5.91 Å². The Bertz CT molecular complexity index is 965. The highest BCUT2D eigenvalue weighted by Gasteiger charge is 2.50. The number of benzene rings is 2. The van der Waals surface area contributed by atoms with Gasteiger partial charge in [0.15, 0.2) is 0 Å². The third-order valence-corrected chi connectivity index (χ3v) is 7.33. The number of likely N-dealkylation sites (tertiary alicyclic amines) is 1. The molecule has 4 rings (SSSR count). The fraction of sp³-hybridized carbons (Fsp3) is 0.464. The maximum Gasteiger partial charge on any atom is 0.247 e. The van der Waals surface area contributed by atoms with Gasteiger partial charge in [-0.3, -0.25) is 4.79 Å². The molecule has 3 atom stereocenters. The predicted octanol–water partition coefficient (Wildman–Crippen LogP) is 5.73. The van der Waals surface area contributed by atoms with E-state index < -0.39 is 5.60 Å². The first kappa shape index (κ1) is 22.6. The zero-order valence-electron chi connectivity index (χ0n) is 19.5. The average molecular weight is 434 g/mol. The van der Waals surface area contributed by atoms with Crippen molar-refractivity contribution in [3.8, 4) is 5.75 Å². The van der Waals surface area contributed by atoms with Crippen molar-refractivity contribution in [1.29, 1.82) is 0 Å². The molecule has 0 spiro atoms. The summed E-state index contributed by atoms with van der Waals surface area (Å²) in [5.74, 6) is 1.27. The van der Waals surface area contributed by atoms with E-state index in [9.17, 15) is 9.90 Å². The Morgan fingerprint density at radius 3 is 2.59 bits per heavy atom. The molecule has 4 nitrogen and oxygen atoms in total. The van der Waals surface area contributed by atoms with Gasteiger partial charge in [-0.15, -0.1) is 0 Å². The molecule has 0 aromatic heterocycles. The number of carbonyl (C=O) groups excluding carboxylic acids is 1. The van der Waals surface area contributed by atoms with Crippen LogP contribution < -0.4 is 4.74 Å². The Hall–Kier alpha value is -2.59. The molecule has 2 aromatic carbocycles. The highest BCUT2D eigenvalue weighted by molar-refractivity contribution is 5.92. The second kappa shape index (κ2) is 9.50. The Morgan fingerprint density at radius 2 is 1.88 bits per heavy atom. The van der Waals surface area contributed by atoms with Crippen LogP contribution in [0.15, 0.2) is 54.6 Å². The fourth-order valence-corrected chi connectivity index (χ4v) is 5.48. The number of nitrogens with zero attached hydrogens (tertiary/aromatic N) is 1. The highest BCUT2D eigenvalue weighted by Crippen LogP contribution is 2.50. The minimum absolute atomic E-state index is 0.0125. The van der Waals surface area contributed by atoms with Crippen LogP contribution >= 0.6 is 0 Å². The molecule has 4 heteroatoms. The third-order valence-electron chi connectivity index (χ3n) is 7.33. The zero-order chi connectivity index (χ0) is 22.7. The number of carbonyl (C=O) groups is 1. The van der Waals surface area contributed by atoms with Crippen LogP contribution in [0.5, 0.6) is 5.75 Å². The summed E-state index contributed by atoms with van der Waals surface area (Å²) < 4.78 is 5.66. The van der Waals surface area contributed by atoms with Gasteiger partial charge in [0.05, 0.1) is 18.8 Å². The van der Waals surface area contributed by atoms with Crippen LogP contribution in [0, 0.1) is 5.92 Å². The van der Waals surface area contributed by atoms with Crippen LogP contribution in [0.2, 0.25) is 0 Å². The van der Waals surface area contributed by atoms with Crippen molar-refractivity contribution in [3.05, 3.63) is 71.3 Å². The van der Waals surface area contributed by atoms with Crippen molar-refractivity contribution in [3.63, 3.8) is 0 Å². The summed E-state index contributed by atoms with van der Waals surface area (Å²) in [7, 11) is 1.67. The summed E-state index contributed by atoms with van der Waals surface area (Å²) in [6, 6.07) is 16.1. The van der Waals surface area contributed by atoms with E-state index in [1.54, 1.807) is 13.2 Å². The number of piperidine rings is 1. The van der Waals surface area contributed by atoms with E-state index in [4.69, 9.17) is 4.74 Å². The van der Waals surface area contributed by atoms with Crippen LogP contribution in [0.1, 0.15) is 74.6 Å². The molecule has 170 valence electrons. The van der Waals surface area contributed by atoms with Crippen molar-refractivity contribution in [2.24, 2.45) is 5.92 Å². The van der Waals surface area contributed by atoms with Crippen molar-refractivity contribution in [2.45, 2.75) is 63.5 Å². The Balaban J connectivity index is 1.64. The van der Waals surface area contributed by atoms with Gasteiger partial charge in [0, 0.05) is 24.1 Å². The predicted molar refractivity (Wildman–Crippen MR) is 129 cm³/mol. The van der Waals surface area contributed by atoms with Gasteiger partial charge in [-0.05, 0) is 48.4 Å². The Morgan fingerprint density at radius 1 is 1.12 bits per heavy atom. The smallest absolute Gasteiger partial charge is 0.247 e. The summed E-state index contributed by atoms with van der Waals surface area (Å²) in [6.07, 6.45) is 8.07. The Kier molecular flexibility index (Phi) is 6.71. The highest BCUT2D eigenvalue weighted by atomic mass is 16.5. The van der Waals surface area contributed by atoms with E-state index in [2.05, 4.69) is 38.1 Å². The van der Waals surface area contributed by atoms with E-state index in [1.165, 1.54) is 5.56 Å². The monoisotopic (exact) mass is 433 g/mol. The van der Waals surface area contributed by atoms with Crippen molar-refractivity contribution < 1.29 is 14.6 Å². The lowest BCUT2D eigenvalue weighted by Crippen LogP contribution is -2.56. The van der Waals surface area contributed by atoms with E-state index in [1.807, 2.05) is 35.2 Å². The van der Waals surface area contributed by atoms with Gasteiger partial charge in [-0.1, -0.05) is 69.2 Å². The molecular formula is C28H35NO3. The topological polar surface area (TPSA) is 49.8 Å². The maximum absolute atomic E-state index is 13.4. The van der Waals surface area contributed by atoms with Gasteiger partial charge in [0.25, 0.3) is 0 Å². The number of fused-ring (bicyclic) bond motifs is 1. The minimum Gasteiger partial charge on any atom is -0.496 e. The van der Waals surface area contributed by atoms with E-state index in [0.717, 1.165) is 42.6 Å². The van der Waals surface area contributed by atoms with Gasteiger partial charge in [-0.2, -0.15) is 0 Å². The molecule has 1 aliphatic heterocycles. The van der Waals surface area contributed by atoms with Crippen molar-refractivity contribution in [2.75, 3.05) is 13.7 Å². The second-order valence-corrected chi connectivity index (χ2v) is 9.58. The van der Waals surface area contributed by atoms with Crippen LogP contribution in [0.4, 0.5) is 0 Å². The zero-order valence-corrected chi connectivity index (χ0v) is 19.5. The summed E-state index contributed by atoms with van der Waals surface area (Å²) >= 11 is 0. The van der Waals surface area contributed by atoms with Crippen LogP contribution in [0.3, 0.4) is 0 Å². The van der Waals surface area contributed by atoms with Crippen LogP contribution in [0.25, 0.3) is 6.08 Å². The fourth-order valence-electron chi connectivity index (χ4n) is 5.48. The molecular weight excluding hydrogens is 398 g/mol. The lowest BCUT2D eigenvalue weighted by atomic mass is 9.66. The van der Waals surface area contributed by atoms with Gasteiger partial charge in [-0.25, -0.2) is 0 Å². The summed E-state index contributed by atoms with van der Waals surface area (Å²) in [6.45, 7) is 4.90. The molecule has 1 amide bonds. The lowest BCUT2D eigenvalue weighted by molar-refractivity contribution is -0.151. The standard InChI is InChI=1S/C28H35NO3/c1-20(2)22-14-11-21(12-15-22)13-16-26(30)29-19-18-28(31)17-7-6-9-24(28)27(29)23-8-4-5-10-25(23)32-3/h4-5,8,10-16,20,24,27,31H,6-7,9,17-19H2,1-3H3/b16-13+. The molecule has 1 saturated heterocycles. The Labute approximate surface area is 191 Å². The number of hydrogen-bond acceptors (Lipinski definition) is 3. The molecule has 2 fully saturated rings. The molecule has 1 N–H and O–H groups in total. The molecule has 1 aliphatic carbocycles. The number of hydrogen-bond donors (Lipinski definition) is 1. The van der Waals surface area contributed by atoms with Crippen LogP contribution in [-0.4, -0.2) is 35.2 Å². The number of aliphatic hydroxyl groups is 1. The first-order valence-corrected chi connectivity index (χ1v) is 11.9. The van der Waals surface area contributed by atoms with Crippen LogP contribution in [-0.2, 0) is 4.79 Å². The molecule has 0 bridgehead atoms. The second-order valence-electron chi connectivity index (χ2n) is 9.58. The van der Waals surface area contributed by atoms with Crippen molar-refractivity contribution in [1.82, 2.24) is 4.90 Å². The molecule has 2 aromatic rings. The number of amides is 1. The SMILES string of the molecule is COc1ccccc1C1C2CCCCC2(O)CCN1C(=O)/C=C/c1ccc(C(C)C)cc1. The van der Waals surface area contributed by atoms with Gasteiger partial charge >= 0.3 is 0 Å². The average Bonchev–Trinajstić information content (AvgIpc) is 2.81. The van der Waals surface area contributed by atoms with E-state index in [0.29, 0.717) is 18.9 Å². The molecule has 2 aliphatic rings. The van der Waals surface area contributed by atoms with E-state index in [-0.39, 0.29) is 17.9 Å². The number of para-hydroxylation sites is 1. The summed E-state index contributed by atoms with van der Waals surface area (Å²) in [5.41, 5.74) is 2.58. The molecule has 1 heterocycles. The minimum atomic E-state index is -0.711. The number of rotatable bonds is 5. The number of methoxy groups -OCH3 is 1. The molecule has 1 saturated carbocycles. The maximum atomic E-state index is 13.4. The van der Waals surface area contributed by atoms with E-state index >= 15 is 0 Å². The number of ether oxygens (including phenoxy) is 1.